The number of H-pyrrole nitrogens is 1. The molecule has 1 aliphatic carbocycles. The number of hydrogen-bond donors (Lipinski definition) is 1. The van der Waals surface area contributed by atoms with Gasteiger partial charge in [-0.25, -0.2) is 0 Å². The molecule has 0 bridgehead atoms. The molecule has 2 aromatic rings. The summed E-state index contributed by atoms with van der Waals surface area (Å²) in [7, 11) is 0. The van der Waals surface area contributed by atoms with Gasteiger partial charge in [-0.2, -0.15) is 0 Å². The summed E-state index contributed by atoms with van der Waals surface area (Å²) in [6.07, 6.45) is 2.66. The Morgan fingerprint density at radius 1 is 1.44 bits per heavy atom. The summed E-state index contributed by atoms with van der Waals surface area (Å²) in [5.74, 6) is 0.722. The van der Waals surface area contributed by atoms with E-state index in [1.165, 1.54) is 18.4 Å². The van der Waals surface area contributed by atoms with Crippen molar-refractivity contribution < 1.29 is 0 Å². The average Bonchev–Trinajstić information content (AvgIpc) is 3.02. The van der Waals surface area contributed by atoms with Crippen LogP contribution in [0.5, 0.6) is 0 Å². The van der Waals surface area contributed by atoms with E-state index in [-0.39, 0.29) is 0 Å². The zero-order valence-electron chi connectivity index (χ0n) is 10.7. The fraction of sp³-hybridized carbons (Fsp3) is 0.500. The first-order valence-corrected chi connectivity index (χ1v) is 7.60. The molecule has 0 unspecified atom stereocenters. The summed E-state index contributed by atoms with van der Waals surface area (Å²) in [5.41, 5.74) is 2.81. The number of rotatable bonds is 3. The first kappa shape index (κ1) is 12.4. The lowest BCUT2D eigenvalue weighted by Crippen LogP contribution is -2.17. The minimum Gasteiger partial charge on any atom is -0.331 e. The molecular weight excluding hydrogens is 308 g/mol. The highest BCUT2D eigenvalue weighted by Gasteiger charge is 2.45. The molecular formula is C14H17BrN2S. The molecule has 96 valence electrons. The molecule has 1 N–H and O–H groups in total. The Morgan fingerprint density at radius 3 is 2.78 bits per heavy atom. The van der Waals surface area contributed by atoms with Gasteiger partial charge in [0.25, 0.3) is 0 Å². The number of halogens is 1. The van der Waals surface area contributed by atoms with Crippen molar-refractivity contribution in [3.05, 3.63) is 27.4 Å². The standard InChI is InChI=1S/C14H17BrN2S/c1-9(2)14(5-6-14)8-17-12-4-3-10(15)7-11(12)16-13(17)18/h3-4,7,9H,5-6,8H2,1-2H3,(H,16,18). The summed E-state index contributed by atoms with van der Waals surface area (Å²) in [5, 5.41) is 0. The number of benzene rings is 1. The minimum absolute atomic E-state index is 0.473. The van der Waals surface area contributed by atoms with E-state index in [1.54, 1.807) is 0 Å². The highest BCUT2D eigenvalue weighted by molar-refractivity contribution is 9.10. The van der Waals surface area contributed by atoms with Crippen molar-refractivity contribution in [1.29, 1.82) is 0 Å². The van der Waals surface area contributed by atoms with Gasteiger partial charge in [0, 0.05) is 11.0 Å². The maximum atomic E-state index is 5.47. The molecule has 1 saturated carbocycles. The van der Waals surface area contributed by atoms with Gasteiger partial charge in [-0.3, -0.25) is 0 Å². The van der Waals surface area contributed by atoms with E-state index in [2.05, 4.69) is 57.5 Å². The molecule has 4 heteroatoms. The zero-order valence-corrected chi connectivity index (χ0v) is 13.1. The van der Waals surface area contributed by atoms with Gasteiger partial charge < -0.3 is 9.55 Å². The molecule has 0 radical (unpaired) electrons. The predicted molar refractivity (Wildman–Crippen MR) is 81.3 cm³/mol. The lowest BCUT2D eigenvalue weighted by Gasteiger charge is -2.20. The summed E-state index contributed by atoms with van der Waals surface area (Å²) in [6.45, 7) is 5.69. The molecule has 18 heavy (non-hydrogen) atoms. The fourth-order valence-electron chi connectivity index (χ4n) is 2.69. The SMILES string of the molecule is CC(C)C1(Cn2c(=S)[nH]c3cc(Br)ccc32)CC1. The van der Waals surface area contributed by atoms with E-state index < -0.39 is 0 Å². The van der Waals surface area contributed by atoms with Crippen LogP contribution in [-0.2, 0) is 6.54 Å². The number of fused-ring (bicyclic) bond motifs is 1. The van der Waals surface area contributed by atoms with Crippen molar-refractivity contribution in [2.45, 2.75) is 33.2 Å². The van der Waals surface area contributed by atoms with Gasteiger partial charge in [-0.05, 0) is 54.6 Å². The van der Waals surface area contributed by atoms with Gasteiger partial charge in [0.1, 0.15) is 0 Å². The highest BCUT2D eigenvalue weighted by Crippen LogP contribution is 2.53. The first-order chi connectivity index (χ1) is 8.52. The van der Waals surface area contributed by atoms with Crippen molar-refractivity contribution in [2.75, 3.05) is 0 Å². The van der Waals surface area contributed by atoms with Gasteiger partial charge in [0.15, 0.2) is 4.77 Å². The highest BCUT2D eigenvalue weighted by atomic mass is 79.9. The van der Waals surface area contributed by atoms with Crippen molar-refractivity contribution >= 4 is 39.2 Å². The van der Waals surface area contributed by atoms with Gasteiger partial charge in [0.2, 0.25) is 0 Å². The Bertz CT molecular complexity index is 649. The van der Waals surface area contributed by atoms with Crippen LogP contribution < -0.4 is 0 Å². The fourth-order valence-corrected chi connectivity index (χ4v) is 3.32. The third kappa shape index (κ3) is 1.95. The Kier molecular flexibility index (Phi) is 2.90. The van der Waals surface area contributed by atoms with E-state index in [0.717, 1.165) is 27.2 Å². The maximum absolute atomic E-state index is 5.47. The van der Waals surface area contributed by atoms with E-state index in [1.807, 2.05) is 0 Å². The van der Waals surface area contributed by atoms with Crippen LogP contribution in [-0.4, -0.2) is 9.55 Å². The average molecular weight is 325 g/mol. The third-order valence-electron chi connectivity index (χ3n) is 4.33. The van der Waals surface area contributed by atoms with E-state index in [0.29, 0.717) is 5.41 Å². The number of aromatic amines is 1. The monoisotopic (exact) mass is 324 g/mol. The third-order valence-corrected chi connectivity index (χ3v) is 5.14. The molecule has 0 spiro atoms. The van der Waals surface area contributed by atoms with Crippen LogP contribution in [0.25, 0.3) is 11.0 Å². The Balaban J connectivity index is 2.07. The molecule has 0 saturated heterocycles. The second-order valence-electron chi connectivity index (χ2n) is 5.69. The summed E-state index contributed by atoms with van der Waals surface area (Å²) >= 11 is 8.97. The number of hydrogen-bond acceptors (Lipinski definition) is 1. The van der Waals surface area contributed by atoms with E-state index in [9.17, 15) is 0 Å². The van der Waals surface area contributed by atoms with Crippen LogP contribution in [0, 0.1) is 16.1 Å². The molecule has 1 aromatic carbocycles. The minimum atomic E-state index is 0.473. The number of imidazole rings is 1. The second-order valence-corrected chi connectivity index (χ2v) is 7.00. The normalized spacial score (nSPS) is 17.6. The Hall–Kier alpha value is -0.610. The molecule has 1 aliphatic rings. The maximum Gasteiger partial charge on any atom is 0.178 e. The van der Waals surface area contributed by atoms with Crippen LogP contribution >= 0.6 is 28.1 Å². The van der Waals surface area contributed by atoms with Crippen LogP contribution in [0.4, 0.5) is 0 Å². The van der Waals surface area contributed by atoms with Crippen LogP contribution in [0.1, 0.15) is 26.7 Å². The van der Waals surface area contributed by atoms with Crippen LogP contribution in [0.2, 0.25) is 0 Å². The summed E-state index contributed by atoms with van der Waals surface area (Å²) in [4.78, 5) is 3.30. The zero-order chi connectivity index (χ0) is 12.9. The molecule has 0 aliphatic heterocycles. The van der Waals surface area contributed by atoms with Crippen molar-refractivity contribution in [2.24, 2.45) is 11.3 Å². The molecule has 1 aromatic heterocycles. The largest absolute Gasteiger partial charge is 0.331 e. The topological polar surface area (TPSA) is 20.7 Å². The molecule has 0 amide bonds. The van der Waals surface area contributed by atoms with Crippen molar-refractivity contribution in [1.82, 2.24) is 9.55 Å². The molecule has 1 heterocycles. The number of nitrogens with one attached hydrogen (secondary N) is 1. The Morgan fingerprint density at radius 2 is 2.17 bits per heavy atom. The van der Waals surface area contributed by atoms with Gasteiger partial charge in [-0.15, -0.1) is 0 Å². The lowest BCUT2D eigenvalue weighted by molar-refractivity contribution is 0.311. The molecule has 2 nitrogen and oxygen atoms in total. The van der Waals surface area contributed by atoms with Crippen LogP contribution in [0.3, 0.4) is 0 Å². The Labute approximate surface area is 121 Å². The molecule has 1 fully saturated rings. The molecule has 0 atom stereocenters. The van der Waals surface area contributed by atoms with E-state index >= 15 is 0 Å². The number of aromatic nitrogens is 2. The summed E-state index contributed by atoms with van der Waals surface area (Å²) in [6, 6.07) is 6.31. The second kappa shape index (κ2) is 4.20. The van der Waals surface area contributed by atoms with E-state index in [4.69, 9.17) is 12.2 Å². The smallest absolute Gasteiger partial charge is 0.178 e. The lowest BCUT2D eigenvalue weighted by atomic mass is 9.92. The van der Waals surface area contributed by atoms with Gasteiger partial charge in [-0.1, -0.05) is 29.8 Å². The number of nitrogens with zero attached hydrogens (tertiary/aromatic N) is 1. The quantitative estimate of drug-likeness (QED) is 0.796. The van der Waals surface area contributed by atoms with Crippen LogP contribution in [0.15, 0.2) is 22.7 Å². The first-order valence-electron chi connectivity index (χ1n) is 6.40. The van der Waals surface area contributed by atoms with Crippen molar-refractivity contribution in [3.63, 3.8) is 0 Å². The van der Waals surface area contributed by atoms with Gasteiger partial charge >= 0.3 is 0 Å². The summed E-state index contributed by atoms with van der Waals surface area (Å²) < 4.78 is 4.20. The molecule has 3 rings (SSSR count). The van der Waals surface area contributed by atoms with Crippen molar-refractivity contribution in [3.8, 4) is 0 Å². The van der Waals surface area contributed by atoms with Gasteiger partial charge in [0.05, 0.1) is 11.0 Å². The predicted octanol–water partition coefficient (Wildman–Crippen LogP) is 4.90.